The third kappa shape index (κ3) is 1.96. The van der Waals surface area contributed by atoms with Gasteiger partial charge in [0.2, 0.25) is 5.88 Å². The third-order valence-electron chi connectivity index (χ3n) is 2.59. The Morgan fingerprint density at radius 3 is 2.59 bits per heavy atom. The number of hydrogen-bond acceptors (Lipinski definition) is 2. The first kappa shape index (κ1) is 11.8. The van der Waals surface area contributed by atoms with Crippen molar-refractivity contribution in [1.29, 1.82) is 0 Å². The van der Waals surface area contributed by atoms with E-state index in [9.17, 15) is 14.6 Å². The van der Waals surface area contributed by atoms with Crippen LogP contribution in [0.3, 0.4) is 0 Å². The van der Waals surface area contributed by atoms with Gasteiger partial charge >= 0.3 is 0 Å². The monoisotopic (exact) mass is 255 g/mol. The molecule has 0 atom stereocenters. The van der Waals surface area contributed by atoms with Crippen LogP contribution in [-0.2, 0) is 5.88 Å². The van der Waals surface area contributed by atoms with Crippen molar-refractivity contribution in [2.75, 3.05) is 0 Å². The molecule has 0 saturated carbocycles. The molecule has 90 valence electrons. The van der Waals surface area contributed by atoms with Crippen LogP contribution in [0, 0.1) is 12.7 Å². The van der Waals surface area contributed by atoms with Gasteiger partial charge < -0.3 is 10.2 Å². The van der Waals surface area contributed by atoms with Crippen molar-refractivity contribution in [3.05, 3.63) is 41.2 Å². The molecule has 0 aliphatic rings. The summed E-state index contributed by atoms with van der Waals surface area (Å²) >= 11 is 5.62. The zero-order chi connectivity index (χ0) is 12.6. The molecule has 2 rings (SSSR count). The fraction of sp³-hybridized carbons (Fsp3) is 0.167. The van der Waals surface area contributed by atoms with Crippen LogP contribution < -0.4 is 0 Å². The Morgan fingerprint density at radius 2 is 2.00 bits per heavy atom. The lowest BCUT2D eigenvalue weighted by Crippen LogP contribution is -1.97. The predicted octanol–water partition coefficient (Wildman–Crippen LogP) is 3.07. The van der Waals surface area contributed by atoms with Gasteiger partial charge in [0.1, 0.15) is 5.82 Å². The number of benzene rings is 1. The molecule has 2 N–H and O–H groups in total. The van der Waals surface area contributed by atoms with E-state index < -0.39 is 5.82 Å². The van der Waals surface area contributed by atoms with Gasteiger partial charge in [-0.15, -0.1) is 11.6 Å². The number of hydrogen-bond donors (Lipinski definition) is 2. The fourth-order valence-corrected chi connectivity index (χ4v) is 1.89. The maximum Gasteiger partial charge on any atom is 0.203 e. The van der Waals surface area contributed by atoms with Gasteiger partial charge in [-0.05, 0) is 24.6 Å². The molecule has 0 unspecified atom stereocenters. The molecular weight excluding hydrogens is 245 g/mol. The van der Waals surface area contributed by atoms with Crippen molar-refractivity contribution in [3.8, 4) is 17.4 Å². The molecule has 1 heterocycles. The molecular formula is C12H11ClFNO2. The molecule has 3 nitrogen and oxygen atoms in total. The number of aryl methyl sites for hydroxylation is 1. The summed E-state index contributed by atoms with van der Waals surface area (Å²) in [4.78, 5) is 0. The van der Waals surface area contributed by atoms with Crippen LogP contribution in [0.5, 0.6) is 11.8 Å². The number of alkyl halides is 1. The van der Waals surface area contributed by atoms with Crippen molar-refractivity contribution in [1.82, 2.24) is 4.57 Å². The lowest BCUT2D eigenvalue weighted by Gasteiger charge is -2.10. The smallest absolute Gasteiger partial charge is 0.203 e. The normalized spacial score (nSPS) is 10.8. The number of nitrogens with zero attached hydrogens (tertiary/aromatic N) is 1. The van der Waals surface area contributed by atoms with Gasteiger partial charge in [-0.3, -0.25) is 4.57 Å². The Bertz CT molecular complexity index is 566. The van der Waals surface area contributed by atoms with E-state index in [0.717, 1.165) is 10.1 Å². The Balaban J connectivity index is 2.68. The zero-order valence-corrected chi connectivity index (χ0v) is 9.87. The van der Waals surface area contributed by atoms with Crippen LogP contribution in [-0.4, -0.2) is 14.8 Å². The fourth-order valence-electron chi connectivity index (χ4n) is 1.70. The average Bonchev–Trinajstić information content (AvgIpc) is 2.58. The topological polar surface area (TPSA) is 45.4 Å². The second kappa shape index (κ2) is 4.30. The molecule has 0 spiro atoms. The molecule has 1 aromatic heterocycles. The molecule has 0 aliphatic carbocycles. The lowest BCUT2D eigenvalue weighted by molar-refractivity contribution is 0.400. The molecule has 17 heavy (non-hydrogen) atoms. The minimum Gasteiger partial charge on any atom is -0.494 e. The zero-order valence-electron chi connectivity index (χ0n) is 9.11. The Morgan fingerprint density at radius 1 is 1.29 bits per heavy atom. The van der Waals surface area contributed by atoms with Crippen molar-refractivity contribution in [2.45, 2.75) is 12.8 Å². The second-order valence-corrected chi connectivity index (χ2v) is 4.02. The summed E-state index contributed by atoms with van der Waals surface area (Å²) in [6.45, 7) is 1.76. The molecule has 0 aliphatic heterocycles. The van der Waals surface area contributed by atoms with Gasteiger partial charge in [0.25, 0.3) is 0 Å². The summed E-state index contributed by atoms with van der Waals surface area (Å²) in [5, 5.41) is 19.6. The van der Waals surface area contributed by atoms with Crippen molar-refractivity contribution in [3.63, 3.8) is 0 Å². The van der Waals surface area contributed by atoms with Gasteiger partial charge in [0.15, 0.2) is 5.88 Å². The highest BCUT2D eigenvalue weighted by Crippen LogP contribution is 2.33. The summed E-state index contributed by atoms with van der Waals surface area (Å²) in [5.74, 6) is -0.718. The quantitative estimate of drug-likeness (QED) is 0.810. The first-order valence-electron chi connectivity index (χ1n) is 4.99. The highest BCUT2D eigenvalue weighted by molar-refractivity contribution is 6.17. The van der Waals surface area contributed by atoms with E-state index in [-0.39, 0.29) is 17.6 Å². The maximum absolute atomic E-state index is 13.2. The summed E-state index contributed by atoms with van der Waals surface area (Å²) in [5.41, 5.74) is 1.51. The van der Waals surface area contributed by atoms with Crippen molar-refractivity contribution >= 4 is 11.6 Å². The number of aromatic hydroxyl groups is 2. The van der Waals surface area contributed by atoms with E-state index in [1.54, 1.807) is 13.0 Å². The van der Waals surface area contributed by atoms with Gasteiger partial charge in [-0.1, -0.05) is 6.07 Å². The van der Waals surface area contributed by atoms with Gasteiger partial charge in [-0.2, -0.15) is 0 Å². The Hall–Kier alpha value is -1.68. The highest BCUT2D eigenvalue weighted by atomic mass is 35.5. The standard InChI is InChI=1S/C12H11ClFNO2/c1-7-2-3-9(14)5-10(7)15-11(16)4-8(6-13)12(15)17/h2-5,16-17H,6H2,1H3. The maximum atomic E-state index is 13.2. The van der Waals surface area contributed by atoms with Gasteiger partial charge in [-0.25, -0.2) is 4.39 Å². The molecule has 5 heteroatoms. The van der Waals surface area contributed by atoms with Crippen LogP contribution >= 0.6 is 11.6 Å². The van der Waals surface area contributed by atoms with Crippen molar-refractivity contribution in [2.24, 2.45) is 0 Å². The molecule has 0 radical (unpaired) electrons. The number of rotatable bonds is 2. The number of aromatic nitrogens is 1. The minimum absolute atomic E-state index is 0.0702. The van der Waals surface area contributed by atoms with E-state index >= 15 is 0 Å². The van der Waals surface area contributed by atoms with Gasteiger partial charge in [0, 0.05) is 11.6 Å². The van der Waals surface area contributed by atoms with E-state index in [1.807, 2.05) is 0 Å². The summed E-state index contributed by atoms with van der Waals surface area (Å²) < 4.78 is 14.3. The molecule has 0 amide bonds. The first-order valence-corrected chi connectivity index (χ1v) is 5.53. The Kier molecular flexibility index (Phi) is 2.98. The minimum atomic E-state index is -0.439. The summed E-state index contributed by atoms with van der Waals surface area (Å²) in [6.07, 6.45) is 0. The third-order valence-corrected chi connectivity index (χ3v) is 2.88. The summed E-state index contributed by atoms with van der Waals surface area (Å²) in [7, 11) is 0. The second-order valence-electron chi connectivity index (χ2n) is 3.75. The lowest BCUT2D eigenvalue weighted by atomic mass is 10.2. The predicted molar refractivity (Wildman–Crippen MR) is 63.4 cm³/mol. The molecule has 0 fully saturated rings. The van der Waals surface area contributed by atoms with Crippen LogP contribution in [0.1, 0.15) is 11.1 Å². The first-order chi connectivity index (χ1) is 8.04. The summed E-state index contributed by atoms with van der Waals surface area (Å²) in [6, 6.07) is 5.49. The van der Waals surface area contributed by atoms with Gasteiger partial charge in [0.05, 0.1) is 11.6 Å². The van der Waals surface area contributed by atoms with Crippen LogP contribution in [0.15, 0.2) is 24.3 Å². The highest BCUT2D eigenvalue weighted by Gasteiger charge is 2.16. The van der Waals surface area contributed by atoms with Crippen LogP contribution in [0.25, 0.3) is 5.69 Å². The Labute approximate surface area is 103 Å². The molecule has 0 bridgehead atoms. The molecule has 1 aromatic carbocycles. The van der Waals surface area contributed by atoms with Crippen LogP contribution in [0.4, 0.5) is 4.39 Å². The van der Waals surface area contributed by atoms with E-state index in [0.29, 0.717) is 11.3 Å². The average molecular weight is 256 g/mol. The largest absolute Gasteiger partial charge is 0.494 e. The van der Waals surface area contributed by atoms with E-state index in [2.05, 4.69) is 0 Å². The number of halogens is 2. The van der Waals surface area contributed by atoms with E-state index in [1.165, 1.54) is 18.2 Å². The van der Waals surface area contributed by atoms with Crippen molar-refractivity contribution < 1.29 is 14.6 Å². The SMILES string of the molecule is Cc1ccc(F)cc1-n1c(O)cc(CCl)c1O. The van der Waals surface area contributed by atoms with Crippen LogP contribution in [0.2, 0.25) is 0 Å². The molecule has 2 aromatic rings. The molecule has 0 saturated heterocycles. The van der Waals surface area contributed by atoms with E-state index in [4.69, 9.17) is 11.6 Å².